The summed E-state index contributed by atoms with van der Waals surface area (Å²) in [5, 5.41) is 1.60. The van der Waals surface area contributed by atoms with Crippen LogP contribution in [0.3, 0.4) is 0 Å². The van der Waals surface area contributed by atoms with Gasteiger partial charge in [-0.15, -0.1) is 30.4 Å². The second kappa shape index (κ2) is 21.2. The zero-order valence-corrected chi connectivity index (χ0v) is 36.1. The van der Waals surface area contributed by atoms with Crippen molar-refractivity contribution in [3.05, 3.63) is 154 Å². The summed E-state index contributed by atoms with van der Waals surface area (Å²) in [6.45, 7) is 24.8. The van der Waals surface area contributed by atoms with E-state index >= 15 is 0 Å². The Labute approximate surface area is 322 Å². The van der Waals surface area contributed by atoms with Crippen molar-refractivity contribution in [1.29, 1.82) is 0 Å². The molecule has 4 aromatic rings. The number of rotatable bonds is 1. The molecular formula is C44H56Cl2SiZr-4. The van der Waals surface area contributed by atoms with E-state index in [4.69, 9.17) is 0 Å². The molecule has 0 aromatic heterocycles. The van der Waals surface area contributed by atoms with Gasteiger partial charge >= 0.3 is 28.4 Å². The molecule has 2 aliphatic carbocycles. The topological polar surface area (TPSA) is 0 Å². The molecular weight excluding hydrogens is 719 g/mol. The number of fused-ring (bicyclic) bond motifs is 3. The molecule has 0 nitrogen and oxygen atoms in total. The van der Waals surface area contributed by atoms with E-state index in [1.54, 1.807) is 5.20 Å². The van der Waals surface area contributed by atoms with E-state index in [1.807, 2.05) is 30.3 Å². The molecule has 0 fully saturated rings. The SMILES string of the molecule is CC(C)(C)c1cc[c-]cc1.CC(C)(C)c1cc[c-]cc1.CC1=[C-]C(C)C=C1[Si](C)(C)C.Cl.Cl.[CH2]=[Zr].[c-]1cccc2c1Cc1ccccc1-2. The summed E-state index contributed by atoms with van der Waals surface area (Å²) in [6, 6.07) is 40.4. The Balaban J connectivity index is 0.000000599. The first kappa shape index (κ1) is 45.9. The molecule has 1 atom stereocenters. The summed E-state index contributed by atoms with van der Waals surface area (Å²) in [4.78, 5) is 0. The van der Waals surface area contributed by atoms with Crippen LogP contribution in [0.1, 0.15) is 77.6 Å². The number of benzene rings is 4. The van der Waals surface area contributed by atoms with Gasteiger partial charge in [-0.2, -0.15) is 108 Å². The third kappa shape index (κ3) is 14.8. The molecule has 0 amide bonds. The van der Waals surface area contributed by atoms with Gasteiger partial charge in [0.15, 0.2) is 0 Å². The zero-order chi connectivity index (χ0) is 34.5. The van der Waals surface area contributed by atoms with E-state index in [1.165, 1.54) is 63.2 Å². The first-order valence-corrected chi connectivity index (χ1v) is 21.5. The maximum absolute atomic E-state index is 3.43. The largest absolute Gasteiger partial charge is 0.179 e. The average Bonchev–Trinajstić information content (AvgIpc) is 3.58. The van der Waals surface area contributed by atoms with Gasteiger partial charge in [0, 0.05) is 0 Å². The minimum atomic E-state index is -1.07. The summed E-state index contributed by atoms with van der Waals surface area (Å²) < 4.78 is 3.34. The molecule has 0 N–H and O–H groups in total. The van der Waals surface area contributed by atoms with Gasteiger partial charge in [0.1, 0.15) is 0 Å². The Bertz CT molecular complexity index is 1460. The molecule has 0 saturated carbocycles. The van der Waals surface area contributed by atoms with Crippen molar-refractivity contribution >= 4 is 37.1 Å². The fraction of sp³-hybridized carbons (Fsp3) is 0.341. The summed E-state index contributed by atoms with van der Waals surface area (Å²) in [5.41, 5.74) is 10.2. The molecule has 4 heteroatoms. The normalized spacial score (nSPS) is 13.9. The van der Waals surface area contributed by atoms with Gasteiger partial charge in [-0.05, 0) is 25.3 Å². The standard InChI is InChI=1S/C13H9.C10H17Si.2C10H13.CH2.2ClH.Zr/c1-3-7-12-10(5-1)9-11-6-2-4-8-13(11)12;1-8-6-9(2)10(7-8)11(3,4)5;2*1-10(2,3)9-7-5-4-6-8-9;;;;/h1-5,7-8H,9H2;7-8H,1-5H3;2*5-8H,1-3H3;1H2;2*1H;/q4*-1;;;;. The molecule has 4 aromatic carbocycles. The van der Waals surface area contributed by atoms with Crippen LogP contribution in [0.5, 0.6) is 0 Å². The van der Waals surface area contributed by atoms with Crippen molar-refractivity contribution in [3.63, 3.8) is 0 Å². The van der Waals surface area contributed by atoms with Gasteiger partial charge in [0.2, 0.25) is 0 Å². The van der Waals surface area contributed by atoms with Crippen LogP contribution in [0.15, 0.2) is 108 Å². The van der Waals surface area contributed by atoms with E-state index in [2.05, 4.69) is 170 Å². The van der Waals surface area contributed by atoms with Gasteiger partial charge in [0.25, 0.3) is 0 Å². The smallest absolute Gasteiger partial charge is 0.0253 e. The Hall–Kier alpha value is -2.09. The van der Waals surface area contributed by atoms with Gasteiger partial charge in [-0.1, -0.05) is 116 Å². The Morgan fingerprint density at radius 1 is 0.688 bits per heavy atom. The van der Waals surface area contributed by atoms with E-state index in [9.17, 15) is 0 Å². The maximum Gasteiger partial charge on any atom is -0.0253 e. The van der Waals surface area contributed by atoms with Crippen LogP contribution in [0.25, 0.3) is 11.1 Å². The van der Waals surface area contributed by atoms with Crippen molar-refractivity contribution in [1.82, 2.24) is 0 Å². The van der Waals surface area contributed by atoms with Crippen LogP contribution in [-0.4, -0.2) is 12.3 Å². The van der Waals surface area contributed by atoms with Crippen molar-refractivity contribution in [2.45, 2.75) is 92.3 Å². The predicted octanol–water partition coefficient (Wildman–Crippen LogP) is 12.6. The average molecular weight is 775 g/mol. The van der Waals surface area contributed by atoms with Crippen LogP contribution in [0, 0.1) is 30.2 Å². The summed E-state index contributed by atoms with van der Waals surface area (Å²) >= 11 is 1.30. The molecule has 0 spiro atoms. The van der Waals surface area contributed by atoms with Crippen LogP contribution in [0.4, 0.5) is 0 Å². The van der Waals surface area contributed by atoms with Crippen molar-refractivity contribution in [3.8, 4) is 11.1 Å². The Morgan fingerprint density at radius 3 is 1.52 bits per heavy atom. The van der Waals surface area contributed by atoms with E-state index in [0.717, 1.165) is 6.42 Å². The summed E-state index contributed by atoms with van der Waals surface area (Å²) in [7, 11) is -1.07. The van der Waals surface area contributed by atoms with E-state index < -0.39 is 8.07 Å². The quantitative estimate of drug-likeness (QED) is 0.118. The van der Waals surface area contributed by atoms with Crippen molar-refractivity contribution in [2.24, 2.45) is 5.92 Å². The van der Waals surface area contributed by atoms with Crippen LogP contribution in [0.2, 0.25) is 19.6 Å². The van der Waals surface area contributed by atoms with Gasteiger partial charge in [-0.25, -0.2) is 10.8 Å². The van der Waals surface area contributed by atoms with E-state index in [-0.39, 0.29) is 35.6 Å². The molecule has 0 radical (unpaired) electrons. The molecule has 0 heterocycles. The number of allylic oxidation sites excluding steroid dienone is 4. The van der Waals surface area contributed by atoms with Gasteiger partial charge in [0.05, 0.1) is 0 Å². The van der Waals surface area contributed by atoms with Crippen LogP contribution < -0.4 is 0 Å². The minimum absolute atomic E-state index is 0. The third-order valence-corrected chi connectivity index (χ3v) is 10.0. The van der Waals surface area contributed by atoms with Crippen molar-refractivity contribution in [2.75, 3.05) is 0 Å². The molecule has 2 aliphatic rings. The number of halogens is 2. The number of hydrogen-bond donors (Lipinski definition) is 0. The van der Waals surface area contributed by atoms with Gasteiger partial charge < -0.3 is 0 Å². The van der Waals surface area contributed by atoms with E-state index in [0.29, 0.717) is 5.92 Å². The molecule has 48 heavy (non-hydrogen) atoms. The molecule has 0 aliphatic heterocycles. The van der Waals surface area contributed by atoms with Crippen LogP contribution >= 0.6 is 24.8 Å². The fourth-order valence-electron chi connectivity index (χ4n) is 5.42. The summed E-state index contributed by atoms with van der Waals surface area (Å²) in [6.07, 6.45) is 6.86. The van der Waals surface area contributed by atoms with Crippen molar-refractivity contribution < 1.29 is 24.2 Å². The van der Waals surface area contributed by atoms with Gasteiger partial charge in [-0.3, -0.25) is 6.08 Å². The number of hydrogen-bond acceptors (Lipinski definition) is 0. The first-order valence-electron chi connectivity index (χ1n) is 16.3. The molecule has 0 bridgehead atoms. The second-order valence-corrected chi connectivity index (χ2v) is 19.9. The Morgan fingerprint density at radius 2 is 1.15 bits per heavy atom. The monoisotopic (exact) mass is 772 g/mol. The summed E-state index contributed by atoms with van der Waals surface area (Å²) in [5.74, 6) is 0.553. The van der Waals surface area contributed by atoms with Crippen LogP contribution in [-0.2, 0) is 41.5 Å². The fourth-order valence-corrected chi connectivity index (χ4v) is 7.37. The Kier molecular flexibility index (Phi) is 20.3. The maximum atomic E-state index is 3.43. The molecule has 1 unspecified atom stereocenters. The molecule has 0 saturated heterocycles. The minimum Gasteiger partial charge on any atom is -0.179 e. The second-order valence-electron chi connectivity index (χ2n) is 14.9. The molecule has 6 rings (SSSR count). The predicted molar refractivity (Wildman–Crippen MR) is 216 cm³/mol. The third-order valence-electron chi connectivity index (χ3n) is 7.86. The first-order chi connectivity index (χ1) is 21.6. The zero-order valence-electron chi connectivity index (χ0n) is 31.0. The molecule has 258 valence electrons.